The van der Waals surface area contributed by atoms with Crippen molar-refractivity contribution in [2.75, 3.05) is 6.61 Å². The zero-order chi connectivity index (χ0) is 15.3. The van der Waals surface area contributed by atoms with Crippen LogP contribution in [-0.4, -0.2) is 35.7 Å². The van der Waals surface area contributed by atoms with E-state index in [9.17, 15) is 4.79 Å². The van der Waals surface area contributed by atoms with E-state index in [1.807, 2.05) is 4.90 Å². The lowest BCUT2D eigenvalue weighted by atomic mass is 9.57. The van der Waals surface area contributed by atoms with Gasteiger partial charge in [-0.3, -0.25) is 0 Å². The molecule has 0 spiro atoms. The Labute approximate surface area is 135 Å². The molecule has 2 amide bonds. The molecule has 3 aliphatic rings. The summed E-state index contributed by atoms with van der Waals surface area (Å²) in [5, 5.41) is 5.40. The average molecular weight is 320 g/mol. The van der Waals surface area contributed by atoms with Gasteiger partial charge in [0.1, 0.15) is 0 Å². The number of hydrogen-bond donors (Lipinski definition) is 1. The Kier molecular flexibility index (Phi) is 3.46. The van der Waals surface area contributed by atoms with Crippen molar-refractivity contribution in [1.82, 2.24) is 10.2 Å². The van der Waals surface area contributed by atoms with E-state index in [4.69, 9.17) is 4.74 Å². The van der Waals surface area contributed by atoms with E-state index < -0.39 is 0 Å². The normalized spacial score (nSPS) is 32.2. The molecule has 3 atom stereocenters. The first-order chi connectivity index (χ1) is 10.6. The van der Waals surface area contributed by atoms with Gasteiger partial charge >= 0.3 is 6.03 Å². The molecule has 1 N–H and O–H groups in total. The van der Waals surface area contributed by atoms with Crippen molar-refractivity contribution in [3.8, 4) is 0 Å². The summed E-state index contributed by atoms with van der Waals surface area (Å²) in [6, 6.07) is 4.96. The Morgan fingerprint density at radius 3 is 2.95 bits per heavy atom. The van der Waals surface area contributed by atoms with Crippen molar-refractivity contribution >= 4 is 17.4 Å². The minimum Gasteiger partial charge on any atom is -0.377 e. The van der Waals surface area contributed by atoms with Crippen LogP contribution in [0.25, 0.3) is 0 Å². The van der Waals surface area contributed by atoms with Crippen LogP contribution in [0.2, 0.25) is 0 Å². The van der Waals surface area contributed by atoms with Crippen LogP contribution < -0.4 is 5.32 Å². The van der Waals surface area contributed by atoms with Crippen molar-refractivity contribution in [2.24, 2.45) is 11.3 Å². The second kappa shape index (κ2) is 5.24. The molecule has 1 aromatic heterocycles. The maximum Gasteiger partial charge on any atom is 0.318 e. The highest BCUT2D eigenvalue weighted by Gasteiger charge is 2.60. The van der Waals surface area contributed by atoms with Gasteiger partial charge < -0.3 is 15.0 Å². The third kappa shape index (κ3) is 2.35. The lowest BCUT2D eigenvalue weighted by Crippen LogP contribution is -2.67. The summed E-state index contributed by atoms with van der Waals surface area (Å²) in [5.41, 5.74) is 0.0506. The summed E-state index contributed by atoms with van der Waals surface area (Å²) in [5.74, 6) is 0.502. The van der Waals surface area contributed by atoms with Crippen LogP contribution in [0, 0.1) is 11.3 Å². The quantitative estimate of drug-likeness (QED) is 0.925. The molecule has 0 aromatic carbocycles. The molecular weight excluding hydrogens is 296 g/mol. The zero-order valence-corrected chi connectivity index (χ0v) is 14.1. The van der Waals surface area contributed by atoms with Gasteiger partial charge in [0.25, 0.3) is 0 Å². The fourth-order valence-electron chi connectivity index (χ4n) is 4.16. The van der Waals surface area contributed by atoms with Crippen LogP contribution in [0.1, 0.15) is 38.0 Å². The van der Waals surface area contributed by atoms with E-state index in [0.29, 0.717) is 18.1 Å². The molecule has 2 saturated carbocycles. The number of fused-ring (bicyclic) bond motifs is 1. The van der Waals surface area contributed by atoms with Crippen LogP contribution in [0.15, 0.2) is 17.5 Å². The number of thiophene rings is 1. The number of nitrogens with one attached hydrogen (secondary N) is 1. The number of carbonyl (C=O) groups is 1. The zero-order valence-electron chi connectivity index (χ0n) is 13.2. The van der Waals surface area contributed by atoms with Crippen molar-refractivity contribution in [3.05, 3.63) is 22.4 Å². The monoisotopic (exact) mass is 320 g/mol. The maximum atomic E-state index is 12.8. The Balaban J connectivity index is 1.44. The van der Waals surface area contributed by atoms with E-state index in [-0.39, 0.29) is 17.5 Å². The minimum absolute atomic E-state index is 0.0506. The van der Waals surface area contributed by atoms with Gasteiger partial charge in [-0.25, -0.2) is 4.79 Å². The Hall–Kier alpha value is -1.07. The molecule has 120 valence electrons. The van der Waals surface area contributed by atoms with E-state index in [1.54, 1.807) is 11.3 Å². The molecule has 1 saturated heterocycles. The maximum absolute atomic E-state index is 12.8. The molecule has 2 heterocycles. The lowest BCUT2D eigenvalue weighted by molar-refractivity contribution is -0.109. The Morgan fingerprint density at radius 2 is 2.27 bits per heavy atom. The first-order valence-corrected chi connectivity index (χ1v) is 9.16. The van der Waals surface area contributed by atoms with E-state index in [1.165, 1.54) is 4.88 Å². The SMILES string of the molecule is CC1(C)[C@H](NC(=O)N(Cc2cccs2)C2CC2)[C@H]2CCO[C@H]21. The summed E-state index contributed by atoms with van der Waals surface area (Å²) >= 11 is 1.73. The first-order valence-electron chi connectivity index (χ1n) is 8.28. The predicted octanol–water partition coefficient (Wildman–Crippen LogP) is 3.24. The Bertz CT molecular complexity index is 553. The van der Waals surface area contributed by atoms with Crippen molar-refractivity contribution in [2.45, 2.75) is 57.8 Å². The van der Waals surface area contributed by atoms with Crippen molar-refractivity contribution in [3.63, 3.8) is 0 Å². The molecule has 0 unspecified atom stereocenters. The molecule has 2 aliphatic carbocycles. The molecule has 4 nitrogen and oxygen atoms in total. The molecule has 1 aliphatic heterocycles. The third-order valence-electron chi connectivity index (χ3n) is 5.53. The topological polar surface area (TPSA) is 41.6 Å². The van der Waals surface area contributed by atoms with Crippen LogP contribution in [0.3, 0.4) is 0 Å². The Morgan fingerprint density at radius 1 is 1.45 bits per heavy atom. The summed E-state index contributed by atoms with van der Waals surface area (Å²) in [4.78, 5) is 16.1. The van der Waals surface area contributed by atoms with E-state index in [0.717, 1.165) is 32.4 Å². The van der Waals surface area contributed by atoms with Crippen LogP contribution in [-0.2, 0) is 11.3 Å². The number of rotatable bonds is 4. The number of hydrogen-bond acceptors (Lipinski definition) is 3. The van der Waals surface area contributed by atoms with Gasteiger partial charge in [-0.1, -0.05) is 19.9 Å². The highest BCUT2D eigenvalue weighted by Crippen LogP contribution is 2.52. The van der Waals surface area contributed by atoms with Crippen LogP contribution in [0.5, 0.6) is 0 Å². The van der Waals surface area contributed by atoms with E-state index >= 15 is 0 Å². The van der Waals surface area contributed by atoms with Gasteiger partial charge in [0.05, 0.1) is 12.6 Å². The molecule has 0 bridgehead atoms. The fraction of sp³-hybridized carbons (Fsp3) is 0.706. The summed E-state index contributed by atoms with van der Waals surface area (Å²) in [7, 11) is 0. The highest BCUT2D eigenvalue weighted by atomic mass is 32.1. The van der Waals surface area contributed by atoms with Gasteiger partial charge in [0.15, 0.2) is 0 Å². The second-order valence-electron chi connectivity index (χ2n) is 7.43. The van der Waals surface area contributed by atoms with Gasteiger partial charge in [-0.2, -0.15) is 0 Å². The predicted molar refractivity (Wildman–Crippen MR) is 86.8 cm³/mol. The molecule has 0 radical (unpaired) electrons. The second-order valence-corrected chi connectivity index (χ2v) is 8.46. The molecule has 1 aromatic rings. The van der Waals surface area contributed by atoms with Crippen LogP contribution >= 0.6 is 11.3 Å². The molecular formula is C17H24N2O2S. The average Bonchev–Trinajstić information content (AvgIpc) is 3.03. The molecule has 5 heteroatoms. The van der Waals surface area contributed by atoms with Gasteiger partial charge in [-0.05, 0) is 30.7 Å². The minimum atomic E-state index is 0.0506. The number of urea groups is 1. The standard InChI is InChI=1S/C17H24N2O2S/c1-17(2)14(13-7-8-21-15(13)17)18-16(20)19(11-5-6-11)10-12-4-3-9-22-12/h3-4,9,11,13-15H,5-8,10H2,1-2H3,(H,18,20)/t13-,14-,15-/m1/s1. The highest BCUT2D eigenvalue weighted by molar-refractivity contribution is 7.09. The van der Waals surface area contributed by atoms with Gasteiger partial charge in [0, 0.05) is 34.9 Å². The van der Waals surface area contributed by atoms with Crippen LogP contribution in [0.4, 0.5) is 4.79 Å². The largest absolute Gasteiger partial charge is 0.377 e. The summed E-state index contributed by atoms with van der Waals surface area (Å²) in [6.45, 7) is 6.01. The fourth-order valence-corrected chi connectivity index (χ4v) is 4.86. The number of ether oxygens (including phenoxy) is 1. The van der Waals surface area contributed by atoms with Gasteiger partial charge in [0.2, 0.25) is 0 Å². The molecule has 22 heavy (non-hydrogen) atoms. The lowest BCUT2D eigenvalue weighted by Gasteiger charge is -2.54. The van der Waals surface area contributed by atoms with Crippen molar-refractivity contribution < 1.29 is 9.53 Å². The molecule has 3 fully saturated rings. The molecule has 4 rings (SSSR count). The number of carbonyl (C=O) groups excluding carboxylic acids is 1. The smallest absolute Gasteiger partial charge is 0.318 e. The van der Waals surface area contributed by atoms with Crippen molar-refractivity contribution in [1.29, 1.82) is 0 Å². The number of nitrogens with zero attached hydrogens (tertiary/aromatic N) is 1. The van der Waals surface area contributed by atoms with E-state index in [2.05, 4.69) is 36.7 Å². The van der Waals surface area contributed by atoms with Gasteiger partial charge in [-0.15, -0.1) is 11.3 Å². The third-order valence-corrected chi connectivity index (χ3v) is 6.40. The number of amides is 2. The summed E-state index contributed by atoms with van der Waals surface area (Å²) in [6.07, 6.45) is 3.68. The summed E-state index contributed by atoms with van der Waals surface area (Å²) < 4.78 is 5.82. The first kappa shape index (κ1) is 14.5.